The molecular weight excluding hydrogens is 436 g/mol. The molecule has 1 aromatic carbocycles. The van der Waals surface area contributed by atoms with Crippen molar-refractivity contribution in [1.82, 2.24) is 25.1 Å². The second kappa shape index (κ2) is 9.22. The van der Waals surface area contributed by atoms with Gasteiger partial charge >= 0.3 is 0 Å². The zero-order chi connectivity index (χ0) is 22.8. The van der Waals surface area contributed by atoms with Crippen LogP contribution in [-0.2, 0) is 0 Å². The summed E-state index contributed by atoms with van der Waals surface area (Å²) in [5.41, 5.74) is 9.30. The summed E-state index contributed by atoms with van der Waals surface area (Å²) in [6.45, 7) is 6.92. The highest BCUT2D eigenvalue weighted by molar-refractivity contribution is 6.29. The largest absolute Gasteiger partial charge is 0.369 e. The number of nitrogens with two attached hydrogens (primary N) is 1. The fraction of sp³-hybridized carbons (Fsp3) is 0.318. The maximum absolute atomic E-state index is 13.6. The normalized spacial score (nSPS) is 17.4. The van der Waals surface area contributed by atoms with Crippen LogP contribution in [-0.4, -0.2) is 57.3 Å². The fourth-order valence-electron chi connectivity index (χ4n) is 3.92. The predicted molar refractivity (Wildman–Crippen MR) is 122 cm³/mol. The predicted octanol–water partition coefficient (Wildman–Crippen LogP) is 3.91. The number of hydrogen-bond acceptors (Lipinski definition) is 6. The number of aromatic nitrogens is 4. The molecule has 1 aliphatic heterocycles. The first-order valence-electron chi connectivity index (χ1n) is 10.3. The molecule has 168 valence electrons. The van der Waals surface area contributed by atoms with E-state index in [0.717, 1.165) is 30.4 Å². The van der Waals surface area contributed by atoms with E-state index in [2.05, 4.69) is 38.1 Å². The Bertz CT molecular complexity index is 1110. The number of nitrogens with zero attached hydrogens (tertiary/aromatic N) is 5. The number of aryl methyl sites for hydroxylation is 1. The lowest BCUT2D eigenvalue weighted by Gasteiger charge is -2.40. The third-order valence-electron chi connectivity index (χ3n) is 5.55. The maximum Gasteiger partial charge on any atom is 0.222 e. The van der Waals surface area contributed by atoms with Crippen LogP contribution in [0.2, 0.25) is 5.15 Å². The lowest BCUT2D eigenvalue weighted by atomic mass is 10.1. The third-order valence-corrected chi connectivity index (χ3v) is 5.74. The van der Waals surface area contributed by atoms with E-state index in [0.29, 0.717) is 30.2 Å². The van der Waals surface area contributed by atoms with E-state index in [9.17, 15) is 8.78 Å². The molecule has 10 heteroatoms. The molecule has 3 heterocycles. The highest BCUT2D eigenvalue weighted by atomic mass is 35.5. The molecule has 32 heavy (non-hydrogen) atoms. The standard InChI is InChI=1S/C22H24ClF2N7/c1-13-12-32(17-9-15(24)8-16(25)10-17)7-6-31(13)5-3-4-18-14(2)29-30-21(18)19-11-20(23)28-22(26)27-19/h3-4,8-11,13H,5-7,12H2,1-2H3,(H,29,30)(H2,26,27,28)/b4-3+/t13-/m1/s1. The van der Waals surface area contributed by atoms with Gasteiger partial charge in [0.25, 0.3) is 0 Å². The molecule has 0 spiro atoms. The van der Waals surface area contributed by atoms with Gasteiger partial charge in [-0.15, -0.1) is 0 Å². The molecular formula is C22H24ClF2N7. The molecule has 1 aliphatic rings. The molecule has 0 unspecified atom stereocenters. The van der Waals surface area contributed by atoms with Crippen LogP contribution in [0.4, 0.5) is 20.4 Å². The van der Waals surface area contributed by atoms with E-state index in [4.69, 9.17) is 17.3 Å². The van der Waals surface area contributed by atoms with Crippen molar-refractivity contribution in [1.29, 1.82) is 0 Å². The summed E-state index contributed by atoms with van der Waals surface area (Å²) in [6, 6.07) is 5.48. The monoisotopic (exact) mass is 459 g/mol. The van der Waals surface area contributed by atoms with Gasteiger partial charge in [-0.1, -0.05) is 23.8 Å². The Morgan fingerprint density at radius 3 is 2.62 bits per heavy atom. The van der Waals surface area contributed by atoms with Crippen LogP contribution in [0.25, 0.3) is 17.5 Å². The molecule has 3 N–H and O–H groups in total. The second-order valence-electron chi connectivity index (χ2n) is 7.86. The van der Waals surface area contributed by atoms with Gasteiger partial charge in [-0.2, -0.15) is 5.10 Å². The van der Waals surface area contributed by atoms with Gasteiger partial charge in [-0.05, 0) is 26.0 Å². The summed E-state index contributed by atoms with van der Waals surface area (Å²) in [6.07, 6.45) is 4.07. The minimum absolute atomic E-state index is 0.0907. The van der Waals surface area contributed by atoms with Gasteiger partial charge in [-0.25, -0.2) is 18.7 Å². The van der Waals surface area contributed by atoms with Crippen LogP contribution in [0.15, 0.2) is 30.3 Å². The van der Waals surface area contributed by atoms with Gasteiger partial charge in [0.05, 0.1) is 5.69 Å². The molecule has 1 fully saturated rings. The first-order valence-corrected chi connectivity index (χ1v) is 10.6. The average molecular weight is 460 g/mol. The molecule has 0 radical (unpaired) electrons. The zero-order valence-electron chi connectivity index (χ0n) is 17.8. The van der Waals surface area contributed by atoms with Crippen LogP contribution in [0.3, 0.4) is 0 Å². The van der Waals surface area contributed by atoms with Crippen molar-refractivity contribution in [3.63, 3.8) is 0 Å². The van der Waals surface area contributed by atoms with E-state index in [1.165, 1.54) is 12.1 Å². The Morgan fingerprint density at radius 2 is 1.94 bits per heavy atom. The summed E-state index contributed by atoms with van der Waals surface area (Å²) >= 11 is 6.02. The molecule has 3 aromatic rings. The second-order valence-corrected chi connectivity index (χ2v) is 8.25. The topological polar surface area (TPSA) is 87.0 Å². The number of piperazine rings is 1. The number of hydrogen-bond donors (Lipinski definition) is 2. The molecule has 1 atom stereocenters. The van der Waals surface area contributed by atoms with E-state index in [1.54, 1.807) is 6.07 Å². The number of H-pyrrole nitrogens is 1. The van der Waals surface area contributed by atoms with Crippen molar-refractivity contribution in [2.24, 2.45) is 0 Å². The molecule has 1 saturated heterocycles. The highest BCUT2D eigenvalue weighted by Gasteiger charge is 2.23. The summed E-state index contributed by atoms with van der Waals surface area (Å²) in [5.74, 6) is -1.03. The maximum atomic E-state index is 13.6. The fourth-order valence-corrected chi connectivity index (χ4v) is 4.11. The van der Waals surface area contributed by atoms with Crippen LogP contribution >= 0.6 is 11.6 Å². The van der Waals surface area contributed by atoms with Crippen molar-refractivity contribution in [2.75, 3.05) is 36.8 Å². The van der Waals surface area contributed by atoms with Crippen molar-refractivity contribution < 1.29 is 8.78 Å². The van der Waals surface area contributed by atoms with Crippen molar-refractivity contribution in [3.05, 3.63) is 58.4 Å². The van der Waals surface area contributed by atoms with Crippen molar-refractivity contribution >= 4 is 29.3 Å². The van der Waals surface area contributed by atoms with Gasteiger partial charge in [0.1, 0.15) is 22.5 Å². The van der Waals surface area contributed by atoms with Crippen molar-refractivity contribution in [2.45, 2.75) is 19.9 Å². The lowest BCUT2D eigenvalue weighted by molar-refractivity contribution is 0.210. The Balaban J connectivity index is 1.44. The molecule has 0 saturated carbocycles. The number of anilines is 2. The van der Waals surface area contributed by atoms with Crippen LogP contribution in [0.5, 0.6) is 0 Å². The lowest BCUT2D eigenvalue weighted by Crippen LogP contribution is -2.51. The van der Waals surface area contributed by atoms with Gasteiger partial charge < -0.3 is 10.6 Å². The Morgan fingerprint density at radius 1 is 1.19 bits per heavy atom. The SMILES string of the molecule is Cc1[nH]nc(-c2cc(Cl)nc(N)n2)c1/C=C/CN1CCN(c2cc(F)cc(F)c2)C[C@H]1C. The zero-order valence-corrected chi connectivity index (χ0v) is 18.6. The van der Waals surface area contributed by atoms with Crippen LogP contribution in [0, 0.1) is 18.6 Å². The molecule has 0 bridgehead atoms. The molecule has 2 aromatic heterocycles. The average Bonchev–Trinajstić information content (AvgIpc) is 3.08. The van der Waals surface area contributed by atoms with E-state index >= 15 is 0 Å². The van der Waals surface area contributed by atoms with E-state index in [-0.39, 0.29) is 17.1 Å². The quantitative estimate of drug-likeness (QED) is 0.562. The minimum Gasteiger partial charge on any atom is -0.369 e. The number of aromatic amines is 1. The van der Waals surface area contributed by atoms with Gasteiger partial charge in [0.2, 0.25) is 5.95 Å². The van der Waals surface area contributed by atoms with Gasteiger partial charge in [-0.3, -0.25) is 10.00 Å². The summed E-state index contributed by atoms with van der Waals surface area (Å²) in [5, 5.41) is 7.58. The van der Waals surface area contributed by atoms with Crippen molar-refractivity contribution in [3.8, 4) is 11.4 Å². The smallest absolute Gasteiger partial charge is 0.222 e. The van der Waals surface area contributed by atoms with Gasteiger partial charge in [0, 0.05) is 61.3 Å². The molecule has 0 amide bonds. The third kappa shape index (κ3) is 4.89. The van der Waals surface area contributed by atoms with Gasteiger partial charge in [0.15, 0.2) is 0 Å². The summed E-state index contributed by atoms with van der Waals surface area (Å²) < 4.78 is 27.1. The Hall–Kier alpha value is -3.04. The number of nitrogen functional groups attached to an aromatic ring is 1. The molecule has 7 nitrogen and oxygen atoms in total. The summed E-state index contributed by atoms with van der Waals surface area (Å²) in [7, 11) is 0. The Kier molecular flexibility index (Phi) is 6.38. The van der Waals surface area contributed by atoms with E-state index in [1.807, 2.05) is 17.9 Å². The molecule has 0 aliphatic carbocycles. The Labute approximate surface area is 189 Å². The number of nitrogens with one attached hydrogen (secondary N) is 1. The molecule has 4 rings (SSSR count). The first-order chi connectivity index (χ1) is 15.3. The number of benzene rings is 1. The minimum atomic E-state index is -0.559. The van der Waals surface area contributed by atoms with Crippen LogP contribution < -0.4 is 10.6 Å². The highest BCUT2D eigenvalue weighted by Crippen LogP contribution is 2.26. The first kappa shape index (κ1) is 22.2. The van der Waals surface area contributed by atoms with E-state index < -0.39 is 11.6 Å². The van der Waals surface area contributed by atoms with Crippen LogP contribution in [0.1, 0.15) is 18.2 Å². The number of rotatable bonds is 5. The summed E-state index contributed by atoms with van der Waals surface area (Å²) in [4.78, 5) is 12.5. The number of halogens is 3.